The summed E-state index contributed by atoms with van der Waals surface area (Å²) in [7, 11) is 1.49. The lowest BCUT2D eigenvalue weighted by Crippen LogP contribution is -2.47. The SMILES string of the molecule is CC/C=C\C/C=C\C/C=C\C/C=C\C/C=C\C/C=C\CCCCCCCCCCC(=O)OC(/C=C\CCCCCCCCCCCCC)C(COP(=O)(O)OCC[N+](C)(C)C)NC(=O)CCCCCCCCCCCCCCC. The Balaban J connectivity index is 5.12. The van der Waals surface area contributed by atoms with E-state index in [1.54, 1.807) is 0 Å². The molecule has 0 saturated heterocycles. The van der Waals surface area contributed by atoms with E-state index in [4.69, 9.17) is 13.8 Å². The molecule has 0 bridgehead atoms. The molecular formula is C69H126N2O7P+. The molecule has 9 nitrogen and oxygen atoms in total. The minimum atomic E-state index is -4.45. The number of esters is 1. The number of amides is 1. The van der Waals surface area contributed by atoms with Crippen molar-refractivity contribution in [3.63, 3.8) is 0 Å². The van der Waals surface area contributed by atoms with Crippen LogP contribution in [0.3, 0.4) is 0 Å². The Bertz CT molecular complexity index is 1630. The van der Waals surface area contributed by atoms with E-state index >= 15 is 0 Å². The predicted molar refractivity (Wildman–Crippen MR) is 341 cm³/mol. The van der Waals surface area contributed by atoms with Crippen LogP contribution in [0.4, 0.5) is 0 Å². The first-order valence-corrected chi connectivity index (χ1v) is 34.4. The van der Waals surface area contributed by atoms with Crippen LogP contribution in [-0.2, 0) is 27.9 Å². The third-order valence-electron chi connectivity index (χ3n) is 14.3. The number of hydrogen-bond acceptors (Lipinski definition) is 6. The number of nitrogens with zero attached hydrogens (tertiary/aromatic N) is 1. The van der Waals surface area contributed by atoms with Crippen molar-refractivity contribution >= 4 is 19.7 Å². The molecule has 3 unspecified atom stereocenters. The lowest BCUT2D eigenvalue weighted by molar-refractivity contribution is -0.870. The summed E-state index contributed by atoms with van der Waals surface area (Å²) in [4.78, 5) is 37.8. The van der Waals surface area contributed by atoms with Gasteiger partial charge in [0.1, 0.15) is 19.3 Å². The van der Waals surface area contributed by atoms with Gasteiger partial charge in [0.2, 0.25) is 5.91 Å². The molecule has 79 heavy (non-hydrogen) atoms. The van der Waals surface area contributed by atoms with Gasteiger partial charge in [0.25, 0.3) is 0 Å². The molecule has 0 heterocycles. The van der Waals surface area contributed by atoms with Gasteiger partial charge in [-0.2, -0.15) is 0 Å². The lowest BCUT2D eigenvalue weighted by Gasteiger charge is -2.27. The minimum Gasteiger partial charge on any atom is -0.456 e. The van der Waals surface area contributed by atoms with Crippen molar-refractivity contribution in [3.05, 3.63) is 85.1 Å². The van der Waals surface area contributed by atoms with E-state index in [9.17, 15) is 19.0 Å². The first-order chi connectivity index (χ1) is 38.4. The molecule has 1 amide bonds. The Hall–Kier alpha value is -2.81. The average molecular weight is 1130 g/mol. The summed E-state index contributed by atoms with van der Waals surface area (Å²) in [5.41, 5.74) is 0. The van der Waals surface area contributed by atoms with Gasteiger partial charge in [-0.25, -0.2) is 4.57 Å². The molecule has 0 rings (SSSR count). The first kappa shape index (κ1) is 76.2. The van der Waals surface area contributed by atoms with Gasteiger partial charge in [-0.05, 0) is 83.1 Å². The molecule has 0 radical (unpaired) electrons. The normalized spacial score (nSPS) is 14.2. The summed E-state index contributed by atoms with van der Waals surface area (Å²) in [6, 6.07) is -0.853. The number of ether oxygens (including phenoxy) is 1. The van der Waals surface area contributed by atoms with E-state index in [1.807, 2.05) is 33.3 Å². The Morgan fingerprint density at radius 1 is 0.456 bits per heavy atom. The molecule has 0 aliphatic rings. The van der Waals surface area contributed by atoms with Crippen LogP contribution < -0.4 is 5.32 Å². The molecule has 0 aromatic carbocycles. The van der Waals surface area contributed by atoms with Crippen LogP contribution in [0.2, 0.25) is 0 Å². The zero-order chi connectivity index (χ0) is 57.9. The fraction of sp³-hybridized carbons (Fsp3) is 0.768. The monoisotopic (exact) mass is 1130 g/mol. The van der Waals surface area contributed by atoms with E-state index < -0.39 is 20.0 Å². The van der Waals surface area contributed by atoms with Crippen molar-refractivity contribution in [3.8, 4) is 0 Å². The fourth-order valence-electron chi connectivity index (χ4n) is 9.30. The first-order valence-electron chi connectivity index (χ1n) is 32.9. The summed E-state index contributed by atoms with van der Waals surface area (Å²) in [6.45, 7) is 6.91. The zero-order valence-electron chi connectivity index (χ0n) is 52.3. The number of phosphoric ester groups is 1. The van der Waals surface area contributed by atoms with Crippen LogP contribution in [0, 0.1) is 0 Å². The van der Waals surface area contributed by atoms with Gasteiger partial charge >= 0.3 is 13.8 Å². The molecule has 0 fully saturated rings. The number of allylic oxidation sites excluding steroid dienone is 13. The number of rotatable bonds is 59. The lowest BCUT2D eigenvalue weighted by atomic mass is 10.0. The van der Waals surface area contributed by atoms with Gasteiger partial charge in [-0.1, -0.05) is 280 Å². The number of nitrogens with one attached hydrogen (secondary N) is 1. The Labute approximate surface area is 488 Å². The van der Waals surface area contributed by atoms with Crippen LogP contribution in [0.1, 0.15) is 290 Å². The minimum absolute atomic E-state index is 0.0374. The Morgan fingerprint density at radius 2 is 0.810 bits per heavy atom. The number of carbonyl (C=O) groups excluding carboxylic acids is 2. The highest BCUT2D eigenvalue weighted by atomic mass is 31.2. The second kappa shape index (κ2) is 58.4. The third kappa shape index (κ3) is 59.6. The van der Waals surface area contributed by atoms with Gasteiger partial charge in [-0.3, -0.25) is 18.6 Å². The standard InChI is InChI=1S/C69H125N2O7P/c1-7-10-13-16-19-22-25-28-29-30-31-32-33-34-35-36-37-38-39-40-41-44-47-50-53-56-59-62-69(73)78-67(60-57-54-51-48-45-42-26-23-20-17-14-11-8-2)66(65-77-79(74,75)76-64-63-71(4,5)6)70-68(72)61-58-55-52-49-46-43-27-24-21-18-15-12-9-3/h10,13,19,22,28-29,31-32,34-35,37-38,57,60,66-67H,7-9,11-12,14-18,20-21,23-27,30,33,36,39-56,58-59,61-65H2,1-6H3,(H-,70,72,74,75)/p+1/b13-10-,22-19-,29-28-,32-31-,35-34-,38-37-,60-57-. The number of phosphoric acid groups is 1. The van der Waals surface area contributed by atoms with Crippen LogP contribution >= 0.6 is 7.82 Å². The molecule has 458 valence electrons. The quantitative estimate of drug-likeness (QED) is 0.0205. The second-order valence-corrected chi connectivity index (χ2v) is 24.7. The maximum absolute atomic E-state index is 13.5. The molecule has 0 aromatic heterocycles. The van der Waals surface area contributed by atoms with Gasteiger partial charge in [0.15, 0.2) is 0 Å². The van der Waals surface area contributed by atoms with Crippen LogP contribution in [0.5, 0.6) is 0 Å². The maximum atomic E-state index is 13.5. The van der Waals surface area contributed by atoms with Gasteiger partial charge < -0.3 is 19.4 Å². The highest BCUT2D eigenvalue weighted by molar-refractivity contribution is 7.47. The predicted octanol–water partition coefficient (Wildman–Crippen LogP) is 20.6. The van der Waals surface area contributed by atoms with Crippen molar-refractivity contribution in [1.29, 1.82) is 0 Å². The van der Waals surface area contributed by atoms with Crippen molar-refractivity contribution in [2.45, 2.75) is 303 Å². The van der Waals surface area contributed by atoms with Crippen molar-refractivity contribution < 1.29 is 37.3 Å². The molecule has 3 atom stereocenters. The second-order valence-electron chi connectivity index (χ2n) is 23.3. The summed E-state index contributed by atoms with van der Waals surface area (Å²) >= 11 is 0. The number of carbonyl (C=O) groups is 2. The molecule has 2 N–H and O–H groups in total. The average Bonchev–Trinajstić information content (AvgIpc) is 3.41. The third-order valence-corrected chi connectivity index (χ3v) is 15.3. The molecular weight excluding hydrogens is 1000 g/mol. The van der Waals surface area contributed by atoms with Crippen molar-refractivity contribution in [1.82, 2.24) is 5.32 Å². The summed E-state index contributed by atoms with van der Waals surface area (Å²) in [5, 5.41) is 3.06. The molecule has 0 spiro atoms. The molecule has 0 saturated carbocycles. The van der Waals surface area contributed by atoms with E-state index in [2.05, 4.69) is 99.0 Å². The maximum Gasteiger partial charge on any atom is 0.472 e. The number of quaternary nitrogens is 1. The van der Waals surface area contributed by atoms with Crippen LogP contribution in [0.25, 0.3) is 0 Å². The topological polar surface area (TPSA) is 111 Å². The fourth-order valence-corrected chi connectivity index (χ4v) is 10.0. The smallest absolute Gasteiger partial charge is 0.456 e. The molecule has 0 aromatic rings. The Kier molecular flexibility index (Phi) is 56.3. The molecule has 0 aliphatic carbocycles. The van der Waals surface area contributed by atoms with Gasteiger partial charge in [0, 0.05) is 12.8 Å². The van der Waals surface area contributed by atoms with Crippen molar-refractivity contribution in [2.75, 3.05) is 40.9 Å². The zero-order valence-corrected chi connectivity index (χ0v) is 53.2. The summed E-state index contributed by atoms with van der Waals surface area (Å²) in [5.74, 6) is -0.509. The van der Waals surface area contributed by atoms with Gasteiger partial charge in [-0.15, -0.1) is 0 Å². The van der Waals surface area contributed by atoms with Crippen LogP contribution in [0.15, 0.2) is 85.1 Å². The number of unbranched alkanes of at least 4 members (excludes halogenated alkanes) is 31. The van der Waals surface area contributed by atoms with E-state index in [0.717, 1.165) is 109 Å². The van der Waals surface area contributed by atoms with E-state index in [-0.39, 0.29) is 31.5 Å². The van der Waals surface area contributed by atoms with E-state index in [1.165, 1.54) is 148 Å². The van der Waals surface area contributed by atoms with Gasteiger partial charge in [0.05, 0.1) is 33.8 Å². The van der Waals surface area contributed by atoms with E-state index in [0.29, 0.717) is 17.4 Å². The molecule has 10 heteroatoms. The molecule has 0 aliphatic heterocycles. The number of likely N-dealkylation sites (N-methyl/N-ethyl adjacent to an activating group) is 1. The van der Waals surface area contributed by atoms with Crippen molar-refractivity contribution in [2.24, 2.45) is 0 Å². The largest absolute Gasteiger partial charge is 0.472 e. The van der Waals surface area contributed by atoms with Crippen LogP contribution in [-0.4, -0.2) is 74.3 Å². The highest BCUT2D eigenvalue weighted by Gasteiger charge is 2.30. The number of hydrogen-bond donors (Lipinski definition) is 2. The highest BCUT2D eigenvalue weighted by Crippen LogP contribution is 2.43. The Morgan fingerprint density at radius 3 is 1.22 bits per heavy atom. The summed E-state index contributed by atoms with van der Waals surface area (Å²) < 4.78 is 30.7. The summed E-state index contributed by atoms with van der Waals surface area (Å²) in [6.07, 6.45) is 77.2.